The van der Waals surface area contributed by atoms with Gasteiger partial charge in [0.1, 0.15) is 0 Å². The molecule has 0 aliphatic carbocycles. The first-order valence-electron chi connectivity index (χ1n) is 5.90. The van der Waals surface area contributed by atoms with Crippen molar-refractivity contribution in [3.63, 3.8) is 0 Å². The first-order valence-corrected chi connectivity index (χ1v) is 6.70. The lowest BCUT2D eigenvalue weighted by Gasteiger charge is -2.01. The third-order valence-corrected chi connectivity index (χ3v) is 3.74. The van der Waals surface area contributed by atoms with Crippen molar-refractivity contribution in [2.45, 2.75) is 13.3 Å². The molecule has 0 saturated carbocycles. The van der Waals surface area contributed by atoms with E-state index in [4.69, 9.17) is 0 Å². The number of pyridine rings is 1. The van der Waals surface area contributed by atoms with E-state index >= 15 is 0 Å². The van der Waals surface area contributed by atoms with Gasteiger partial charge in [-0.05, 0) is 46.1 Å². The van der Waals surface area contributed by atoms with Crippen molar-refractivity contribution in [3.05, 3.63) is 70.1 Å². The van der Waals surface area contributed by atoms with Crippen LogP contribution in [-0.4, -0.2) is 9.38 Å². The number of aryl methyl sites for hydroxylation is 1. The van der Waals surface area contributed by atoms with E-state index in [2.05, 4.69) is 62.7 Å². The van der Waals surface area contributed by atoms with E-state index in [1.54, 1.807) is 0 Å². The molecule has 0 bridgehead atoms. The Morgan fingerprint density at radius 1 is 1.17 bits per heavy atom. The molecule has 3 rings (SSSR count). The van der Waals surface area contributed by atoms with Gasteiger partial charge in [-0.1, -0.05) is 24.3 Å². The molecule has 2 heterocycles. The zero-order valence-corrected chi connectivity index (χ0v) is 11.7. The van der Waals surface area contributed by atoms with Crippen LogP contribution < -0.4 is 0 Å². The van der Waals surface area contributed by atoms with Crippen LogP contribution in [0.2, 0.25) is 0 Å². The van der Waals surface area contributed by atoms with Crippen LogP contribution in [0.5, 0.6) is 0 Å². The zero-order valence-electron chi connectivity index (χ0n) is 10.1. The highest BCUT2D eigenvalue weighted by Gasteiger charge is 2.06. The summed E-state index contributed by atoms with van der Waals surface area (Å²) >= 11 is 3.53. The first kappa shape index (κ1) is 11.5. The fourth-order valence-corrected chi connectivity index (χ4v) is 2.56. The SMILES string of the molecule is Cc1ccccc1Cc1cn2cccc(Br)c2n1. The molecule has 2 nitrogen and oxygen atoms in total. The quantitative estimate of drug-likeness (QED) is 0.699. The molecule has 0 radical (unpaired) electrons. The third-order valence-electron chi connectivity index (χ3n) is 3.12. The van der Waals surface area contributed by atoms with Crippen molar-refractivity contribution >= 4 is 21.6 Å². The molecule has 3 aromatic rings. The summed E-state index contributed by atoms with van der Waals surface area (Å²) in [6, 6.07) is 12.5. The van der Waals surface area contributed by atoms with Gasteiger partial charge in [-0.2, -0.15) is 0 Å². The summed E-state index contributed by atoms with van der Waals surface area (Å²) in [7, 11) is 0. The van der Waals surface area contributed by atoms with Crippen molar-refractivity contribution in [2.75, 3.05) is 0 Å². The molecule has 0 saturated heterocycles. The second-order valence-corrected chi connectivity index (χ2v) is 5.28. The highest BCUT2D eigenvalue weighted by atomic mass is 79.9. The van der Waals surface area contributed by atoms with E-state index < -0.39 is 0 Å². The Kier molecular flexibility index (Phi) is 2.92. The lowest BCUT2D eigenvalue weighted by atomic mass is 10.0. The Hall–Kier alpha value is -1.61. The largest absolute Gasteiger partial charge is 0.306 e. The summed E-state index contributed by atoms with van der Waals surface area (Å²) in [4.78, 5) is 4.66. The van der Waals surface area contributed by atoms with Crippen LogP contribution in [0.4, 0.5) is 0 Å². The Morgan fingerprint density at radius 3 is 2.78 bits per heavy atom. The molecule has 0 spiro atoms. The van der Waals surface area contributed by atoms with E-state index in [9.17, 15) is 0 Å². The van der Waals surface area contributed by atoms with Crippen LogP contribution in [0.25, 0.3) is 5.65 Å². The third kappa shape index (κ3) is 2.06. The fourth-order valence-electron chi connectivity index (χ4n) is 2.12. The number of fused-ring (bicyclic) bond motifs is 1. The van der Waals surface area contributed by atoms with Crippen molar-refractivity contribution in [3.8, 4) is 0 Å². The maximum absolute atomic E-state index is 4.66. The number of benzene rings is 1. The average Bonchev–Trinajstić information content (AvgIpc) is 2.76. The molecule has 0 aliphatic rings. The topological polar surface area (TPSA) is 17.3 Å². The normalized spacial score (nSPS) is 11.0. The lowest BCUT2D eigenvalue weighted by Crippen LogP contribution is -1.91. The summed E-state index contributed by atoms with van der Waals surface area (Å²) in [6.07, 6.45) is 4.99. The van der Waals surface area contributed by atoms with Gasteiger partial charge in [0.15, 0.2) is 5.65 Å². The highest BCUT2D eigenvalue weighted by Crippen LogP contribution is 2.19. The summed E-state index contributed by atoms with van der Waals surface area (Å²) in [6.45, 7) is 2.14. The molecule has 3 heteroatoms. The molecule has 0 unspecified atom stereocenters. The summed E-state index contributed by atoms with van der Waals surface area (Å²) in [5.74, 6) is 0. The van der Waals surface area contributed by atoms with E-state index in [0.29, 0.717) is 0 Å². The van der Waals surface area contributed by atoms with Crippen LogP contribution >= 0.6 is 15.9 Å². The minimum atomic E-state index is 0.876. The lowest BCUT2D eigenvalue weighted by molar-refractivity contribution is 1.09. The summed E-state index contributed by atoms with van der Waals surface area (Å²) in [5.41, 5.74) is 4.71. The molecule has 0 fully saturated rings. The van der Waals surface area contributed by atoms with E-state index in [1.165, 1.54) is 11.1 Å². The van der Waals surface area contributed by atoms with Gasteiger partial charge in [-0.15, -0.1) is 0 Å². The highest BCUT2D eigenvalue weighted by molar-refractivity contribution is 9.10. The Morgan fingerprint density at radius 2 is 2.00 bits per heavy atom. The van der Waals surface area contributed by atoms with Gasteiger partial charge in [0.25, 0.3) is 0 Å². The smallest absolute Gasteiger partial charge is 0.151 e. The predicted octanol–water partition coefficient (Wildman–Crippen LogP) is 4.00. The predicted molar refractivity (Wildman–Crippen MR) is 76.9 cm³/mol. The number of imidazole rings is 1. The van der Waals surface area contributed by atoms with Crippen molar-refractivity contribution in [2.24, 2.45) is 0 Å². The number of halogens is 1. The van der Waals surface area contributed by atoms with E-state index in [-0.39, 0.29) is 0 Å². The number of hydrogen-bond donors (Lipinski definition) is 0. The second kappa shape index (κ2) is 4.58. The number of aromatic nitrogens is 2. The molecule has 0 atom stereocenters. The minimum Gasteiger partial charge on any atom is -0.306 e. The first-order chi connectivity index (χ1) is 8.74. The number of hydrogen-bond acceptors (Lipinski definition) is 1. The van der Waals surface area contributed by atoms with Gasteiger partial charge in [0, 0.05) is 18.8 Å². The van der Waals surface area contributed by atoms with Crippen molar-refractivity contribution in [1.82, 2.24) is 9.38 Å². The van der Waals surface area contributed by atoms with Crippen molar-refractivity contribution < 1.29 is 0 Å². The molecule has 2 aromatic heterocycles. The molecular weight excluding hydrogens is 288 g/mol. The molecule has 0 amide bonds. The molecule has 0 N–H and O–H groups in total. The Balaban J connectivity index is 2.01. The zero-order chi connectivity index (χ0) is 12.5. The fraction of sp³-hybridized carbons (Fsp3) is 0.133. The molecule has 1 aromatic carbocycles. The summed E-state index contributed by atoms with van der Waals surface area (Å²) < 4.78 is 3.08. The molecule has 90 valence electrons. The van der Waals surface area contributed by atoms with Crippen LogP contribution in [0.3, 0.4) is 0 Å². The molecular formula is C15H13BrN2. The van der Waals surface area contributed by atoms with Gasteiger partial charge in [-0.3, -0.25) is 0 Å². The van der Waals surface area contributed by atoms with Crippen LogP contribution in [0.15, 0.2) is 53.3 Å². The minimum absolute atomic E-state index is 0.876. The second-order valence-electron chi connectivity index (χ2n) is 4.42. The Bertz CT molecular complexity index is 701. The number of rotatable bonds is 2. The average molecular weight is 301 g/mol. The maximum Gasteiger partial charge on any atom is 0.151 e. The van der Waals surface area contributed by atoms with Gasteiger partial charge in [-0.25, -0.2) is 4.98 Å². The number of nitrogens with zero attached hydrogens (tertiary/aromatic N) is 2. The van der Waals surface area contributed by atoms with Gasteiger partial charge >= 0.3 is 0 Å². The van der Waals surface area contributed by atoms with Crippen molar-refractivity contribution in [1.29, 1.82) is 0 Å². The summed E-state index contributed by atoms with van der Waals surface area (Å²) in [5, 5.41) is 0. The van der Waals surface area contributed by atoms with E-state index in [1.807, 2.05) is 18.3 Å². The maximum atomic E-state index is 4.66. The van der Waals surface area contributed by atoms with Gasteiger partial charge < -0.3 is 4.40 Å². The van der Waals surface area contributed by atoms with Crippen LogP contribution in [0.1, 0.15) is 16.8 Å². The van der Waals surface area contributed by atoms with Gasteiger partial charge in [0.05, 0.1) is 10.2 Å². The van der Waals surface area contributed by atoms with Gasteiger partial charge in [0.2, 0.25) is 0 Å². The monoisotopic (exact) mass is 300 g/mol. The molecule has 0 aliphatic heterocycles. The molecule has 18 heavy (non-hydrogen) atoms. The van der Waals surface area contributed by atoms with Crippen LogP contribution in [-0.2, 0) is 6.42 Å². The van der Waals surface area contributed by atoms with Crippen LogP contribution in [0, 0.1) is 6.92 Å². The standard InChI is InChI=1S/C15H13BrN2/c1-11-5-2-3-6-12(11)9-13-10-18-8-4-7-14(16)15(18)17-13/h2-8,10H,9H2,1H3. The Labute approximate surface area is 114 Å². The van der Waals surface area contributed by atoms with E-state index in [0.717, 1.165) is 22.2 Å².